The number of carbonyl (C=O) groups excluding carboxylic acids is 3. The first kappa shape index (κ1) is 27.1. The Morgan fingerprint density at radius 2 is 1.82 bits per heavy atom. The molecule has 1 saturated heterocycles. The van der Waals surface area contributed by atoms with Gasteiger partial charge in [0.05, 0.1) is 12.0 Å². The van der Waals surface area contributed by atoms with Gasteiger partial charge in [0.25, 0.3) is 0 Å². The van der Waals surface area contributed by atoms with Gasteiger partial charge in [0, 0.05) is 30.7 Å². The molecule has 2 rings (SSSR count). The number of esters is 2. The van der Waals surface area contributed by atoms with Gasteiger partial charge in [-0.2, -0.15) is 0 Å². The van der Waals surface area contributed by atoms with Gasteiger partial charge in [0.2, 0.25) is 6.79 Å². The van der Waals surface area contributed by atoms with Gasteiger partial charge < -0.3 is 9.47 Å². The number of carbonyl (C=O) groups is 3. The smallest absolute Gasteiger partial charge is 0.461 e. The van der Waals surface area contributed by atoms with Crippen LogP contribution in [0.5, 0.6) is 0 Å². The molecule has 0 saturated carbocycles. The molecule has 2 atom stereocenters. The number of nitrogens with zero attached hydrogens (tertiary/aromatic N) is 1. The molecule has 1 unspecified atom stereocenters. The van der Waals surface area contributed by atoms with E-state index in [1.165, 1.54) is 0 Å². The number of phosphoric acid groups is 1. The normalized spacial score (nSPS) is 22.4. The summed E-state index contributed by atoms with van der Waals surface area (Å²) in [5.74, 6) is -1.31. The molecule has 11 heteroatoms. The summed E-state index contributed by atoms with van der Waals surface area (Å²) in [6, 6.07) is 3.48. The maximum atomic E-state index is 12.8. The van der Waals surface area contributed by atoms with Gasteiger partial charge in [-0.3, -0.25) is 28.4 Å². The van der Waals surface area contributed by atoms with Gasteiger partial charge in [-0.1, -0.05) is 13.8 Å². The van der Waals surface area contributed by atoms with E-state index < -0.39 is 43.5 Å². The van der Waals surface area contributed by atoms with Crippen molar-refractivity contribution in [3.8, 4) is 0 Å². The van der Waals surface area contributed by atoms with Gasteiger partial charge in [-0.05, 0) is 44.9 Å². The summed E-state index contributed by atoms with van der Waals surface area (Å²) in [4.78, 5) is 40.4. The predicted octanol–water partition coefficient (Wildman–Crippen LogP) is 3.98. The minimum absolute atomic E-state index is 0.0253. The Hall–Kier alpha value is -2.13. The number of Topliss-reactive ketones (excluding diaryl/α,β-unsaturated/α-hetero) is 1. The second-order valence-corrected chi connectivity index (χ2v) is 11.1. The fraction of sp³-hybridized carbons (Fsp3) is 0.636. The van der Waals surface area contributed by atoms with E-state index in [2.05, 4.69) is 4.98 Å². The molecule has 1 aromatic rings. The van der Waals surface area contributed by atoms with Crippen LogP contribution < -0.4 is 0 Å². The molecule has 1 aliphatic heterocycles. The monoisotopic (exact) mass is 485 g/mol. The number of ether oxygens (including phenoxy) is 2. The van der Waals surface area contributed by atoms with Crippen molar-refractivity contribution in [2.24, 2.45) is 10.8 Å². The molecular weight excluding hydrogens is 453 g/mol. The maximum Gasteiger partial charge on any atom is 0.478 e. The number of hydrogen-bond donors (Lipinski definition) is 0. The molecule has 33 heavy (non-hydrogen) atoms. The van der Waals surface area contributed by atoms with Gasteiger partial charge in [0.1, 0.15) is 12.7 Å². The van der Waals surface area contributed by atoms with Crippen LogP contribution in [0.4, 0.5) is 0 Å². The Bertz CT molecular complexity index is 880. The summed E-state index contributed by atoms with van der Waals surface area (Å²) < 4.78 is 38.6. The summed E-state index contributed by atoms with van der Waals surface area (Å²) in [5, 5.41) is 0. The minimum atomic E-state index is -4.10. The first-order chi connectivity index (χ1) is 15.3. The third-order valence-corrected chi connectivity index (χ3v) is 6.13. The molecule has 0 aromatic carbocycles. The molecule has 0 spiro atoms. The van der Waals surface area contributed by atoms with E-state index in [1.807, 2.05) is 0 Å². The highest BCUT2D eigenvalue weighted by Gasteiger charge is 2.48. The molecule has 10 nitrogen and oxygen atoms in total. The van der Waals surface area contributed by atoms with E-state index in [1.54, 1.807) is 59.1 Å². The molecule has 2 heterocycles. The minimum Gasteiger partial charge on any atom is -0.461 e. The van der Waals surface area contributed by atoms with Crippen LogP contribution in [0.1, 0.15) is 59.4 Å². The van der Waals surface area contributed by atoms with Gasteiger partial charge >= 0.3 is 19.8 Å². The zero-order valence-electron chi connectivity index (χ0n) is 19.7. The van der Waals surface area contributed by atoms with E-state index in [-0.39, 0.29) is 38.3 Å². The largest absolute Gasteiger partial charge is 0.478 e. The van der Waals surface area contributed by atoms with Crippen LogP contribution in [0.25, 0.3) is 0 Å². The number of ketones is 1. The van der Waals surface area contributed by atoms with Crippen LogP contribution in [0.15, 0.2) is 24.5 Å². The highest BCUT2D eigenvalue weighted by atomic mass is 31.2. The molecule has 1 aromatic heterocycles. The van der Waals surface area contributed by atoms with Crippen molar-refractivity contribution in [1.82, 2.24) is 4.98 Å². The lowest BCUT2D eigenvalue weighted by Crippen LogP contribution is -2.45. The molecule has 0 bridgehead atoms. The average Bonchev–Trinajstić information content (AvgIpc) is 2.74. The van der Waals surface area contributed by atoms with Gasteiger partial charge in [-0.25, -0.2) is 9.09 Å². The number of rotatable bonds is 10. The third-order valence-electron chi connectivity index (χ3n) is 4.80. The zero-order chi connectivity index (χ0) is 24.7. The highest BCUT2D eigenvalue weighted by Crippen LogP contribution is 2.57. The van der Waals surface area contributed by atoms with E-state index in [0.29, 0.717) is 0 Å². The Morgan fingerprint density at radius 3 is 2.45 bits per heavy atom. The highest BCUT2D eigenvalue weighted by molar-refractivity contribution is 7.48. The summed E-state index contributed by atoms with van der Waals surface area (Å²) in [5.41, 5.74) is -0.708. The summed E-state index contributed by atoms with van der Waals surface area (Å²) in [6.45, 7) is 7.92. The summed E-state index contributed by atoms with van der Waals surface area (Å²) >= 11 is 0. The van der Waals surface area contributed by atoms with Crippen LogP contribution in [-0.2, 0) is 48.6 Å². The Kier molecular flexibility index (Phi) is 9.31. The van der Waals surface area contributed by atoms with Crippen molar-refractivity contribution in [2.45, 2.75) is 66.6 Å². The fourth-order valence-corrected chi connectivity index (χ4v) is 4.33. The van der Waals surface area contributed by atoms with Crippen molar-refractivity contribution in [3.63, 3.8) is 0 Å². The Morgan fingerprint density at radius 1 is 1.15 bits per heavy atom. The number of phosphoric ester groups is 1. The topological polar surface area (TPSA) is 127 Å². The van der Waals surface area contributed by atoms with Crippen LogP contribution in [-0.4, -0.2) is 42.2 Å². The Labute approximate surface area is 193 Å². The molecule has 0 radical (unpaired) electrons. The molecule has 0 amide bonds. The van der Waals surface area contributed by atoms with E-state index in [0.717, 1.165) is 5.56 Å². The standard InChI is InChI=1S/C22H32NO9P/c1-21(2,3)20(26)29-15-31-33(27)30-14-22(4,5)19(32-33)17(24)7-6-8-18(25)28-13-16-9-11-23-12-10-16/h9-12,19H,6-8,13-15H2,1-5H3/t19-,33?/m0/s1. The number of hydrogen-bond acceptors (Lipinski definition) is 10. The maximum absolute atomic E-state index is 12.8. The summed E-state index contributed by atoms with van der Waals surface area (Å²) in [6.07, 6.45) is 2.47. The Balaban J connectivity index is 1.82. The van der Waals surface area contributed by atoms with E-state index in [4.69, 9.17) is 23.0 Å². The van der Waals surface area contributed by atoms with Crippen LogP contribution in [0, 0.1) is 10.8 Å². The predicted molar refractivity (Wildman–Crippen MR) is 117 cm³/mol. The van der Waals surface area contributed by atoms with Crippen LogP contribution >= 0.6 is 7.82 Å². The first-order valence-electron chi connectivity index (χ1n) is 10.6. The molecule has 0 aliphatic carbocycles. The van der Waals surface area contributed by atoms with Gasteiger partial charge in [0.15, 0.2) is 5.78 Å². The SMILES string of the molecule is CC(C)(C)C(=O)OCOP1(=O)OCC(C)(C)[C@H](C(=O)CCCC(=O)OCc2ccncc2)O1. The van der Waals surface area contributed by atoms with E-state index >= 15 is 0 Å². The van der Waals surface area contributed by atoms with Gasteiger partial charge in [-0.15, -0.1) is 0 Å². The van der Waals surface area contributed by atoms with Crippen molar-refractivity contribution in [2.75, 3.05) is 13.4 Å². The number of aromatic nitrogens is 1. The fourth-order valence-electron chi connectivity index (χ4n) is 2.80. The lowest BCUT2D eigenvalue weighted by Gasteiger charge is -2.39. The zero-order valence-corrected chi connectivity index (χ0v) is 20.6. The molecule has 1 aliphatic rings. The third kappa shape index (κ3) is 8.62. The van der Waals surface area contributed by atoms with Crippen LogP contribution in [0.3, 0.4) is 0 Å². The summed E-state index contributed by atoms with van der Waals surface area (Å²) in [7, 11) is -4.10. The molecule has 0 N–H and O–H groups in total. The second-order valence-electron chi connectivity index (χ2n) is 9.46. The second kappa shape index (κ2) is 11.3. The first-order valence-corrected chi connectivity index (χ1v) is 12.1. The molecule has 1 fully saturated rings. The van der Waals surface area contributed by atoms with Crippen molar-refractivity contribution in [3.05, 3.63) is 30.1 Å². The number of pyridine rings is 1. The van der Waals surface area contributed by atoms with E-state index in [9.17, 15) is 18.9 Å². The lowest BCUT2D eigenvalue weighted by atomic mass is 9.84. The van der Waals surface area contributed by atoms with Crippen LogP contribution in [0.2, 0.25) is 0 Å². The molecular formula is C22H32NO9P. The van der Waals surface area contributed by atoms with Crippen molar-refractivity contribution >= 4 is 25.5 Å². The average molecular weight is 485 g/mol. The van der Waals surface area contributed by atoms with Crippen molar-refractivity contribution in [1.29, 1.82) is 0 Å². The quantitative estimate of drug-likeness (QED) is 0.273. The lowest BCUT2D eigenvalue weighted by molar-refractivity contribution is -0.163. The molecule has 184 valence electrons. The van der Waals surface area contributed by atoms with Crippen molar-refractivity contribution < 1.29 is 42.0 Å².